The number of aldehydes is 1. The van der Waals surface area contributed by atoms with E-state index in [1.54, 1.807) is 24.4 Å². The van der Waals surface area contributed by atoms with Crippen molar-refractivity contribution < 1.29 is 9.00 Å². The summed E-state index contributed by atoms with van der Waals surface area (Å²) in [6, 6.07) is 9.30. The Morgan fingerprint density at radius 2 is 1.92 bits per heavy atom. The average Bonchev–Trinajstić information content (AvgIpc) is 2.68. The molecule has 7 heteroatoms. The van der Waals surface area contributed by atoms with E-state index < -0.39 is 11.0 Å². The highest BCUT2D eigenvalue weighted by Crippen LogP contribution is 2.23. The van der Waals surface area contributed by atoms with Crippen LogP contribution >= 0.6 is 0 Å². The van der Waals surface area contributed by atoms with Gasteiger partial charge < -0.3 is 4.90 Å². The molecule has 1 aliphatic rings. The van der Waals surface area contributed by atoms with Gasteiger partial charge in [-0.15, -0.1) is 0 Å². The van der Waals surface area contributed by atoms with Crippen molar-refractivity contribution in [3.8, 4) is 6.07 Å². The van der Waals surface area contributed by atoms with Gasteiger partial charge in [0, 0.05) is 37.9 Å². The number of aryl methyl sites for hydroxylation is 2. The van der Waals surface area contributed by atoms with Crippen LogP contribution in [0.2, 0.25) is 0 Å². The number of pyridine rings is 1. The molecular weight excluding hydrogens is 348 g/mol. The molecule has 2 heterocycles. The van der Waals surface area contributed by atoms with E-state index in [0.29, 0.717) is 48.0 Å². The van der Waals surface area contributed by atoms with Gasteiger partial charge >= 0.3 is 0 Å². The first-order valence-corrected chi connectivity index (χ1v) is 9.49. The summed E-state index contributed by atoms with van der Waals surface area (Å²) in [5, 5.41) is 9.24. The zero-order chi connectivity index (χ0) is 18.7. The van der Waals surface area contributed by atoms with Crippen molar-refractivity contribution >= 4 is 23.1 Å². The monoisotopic (exact) mass is 368 g/mol. The number of benzene rings is 1. The van der Waals surface area contributed by atoms with E-state index in [-0.39, 0.29) is 0 Å². The van der Waals surface area contributed by atoms with Crippen LogP contribution in [0.25, 0.3) is 0 Å². The van der Waals surface area contributed by atoms with Gasteiger partial charge in [-0.25, -0.2) is 13.5 Å². The SMILES string of the molecule is Cc1cc(C)c(S(=O)N2CCN(c3ncccc3C#N)CC2)cc1C=O. The second-order valence-electron chi connectivity index (χ2n) is 6.24. The van der Waals surface area contributed by atoms with Crippen molar-refractivity contribution in [2.45, 2.75) is 18.7 Å². The minimum absolute atomic E-state index is 0.548. The first kappa shape index (κ1) is 18.2. The Kier molecular flexibility index (Phi) is 5.45. The molecule has 3 rings (SSSR count). The molecule has 1 fully saturated rings. The Bertz CT molecular complexity index is 899. The van der Waals surface area contributed by atoms with Gasteiger partial charge in [-0.1, -0.05) is 6.07 Å². The normalized spacial score (nSPS) is 16.1. The van der Waals surface area contributed by atoms with Crippen molar-refractivity contribution in [2.24, 2.45) is 0 Å². The minimum Gasteiger partial charge on any atom is -0.353 e. The summed E-state index contributed by atoms with van der Waals surface area (Å²) in [6.07, 6.45) is 2.48. The number of nitrogens with zero attached hydrogens (tertiary/aromatic N) is 4. The summed E-state index contributed by atoms with van der Waals surface area (Å²) in [4.78, 5) is 18.2. The molecule has 6 nitrogen and oxygen atoms in total. The third-order valence-electron chi connectivity index (χ3n) is 4.56. The first-order chi connectivity index (χ1) is 12.5. The Balaban J connectivity index is 1.75. The van der Waals surface area contributed by atoms with Crippen molar-refractivity contribution in [2.75, 3.05) is 31.1 Å². The van der Waals surface area contributed by atoms with Crippen molar-refractivity contribution in [3.05, 3.63) is 52.7 Å². The van der Waals surface area contributed by atoms with Gasteiger partial charge in [-0.3, -0.25) is 4.79 Å². The fourth-order valence-electron chi connectivity index (χ4n) is 3.10. The molecule has 1 unspecified atom stereocenters. The maximum Gasteiger partial charge on any atom is 0.150 e. The van der Waals surface area contributed by atoms with Crippen LogP contribution in [0.5, 0.6) is 0 Å². The van der Waals surface area contributed by atoms with Crippen LogP contribution < -0.4 is 4.90 Å². The third kappa shape index (κ3) is 3.52. The average molecular weight is 368 g/mol. The van der Waals surface area contributed by atoms with E-state index >= 15 is 0 Å². The highest BCUT2D eigenvalue weighted by Gasteiger charge is 2.25. The maximum absolute atomic E-state index is 13.0. The number of aromatic nitrogens is 1. The molecule has 0 radical (unpaired) electrons. The quantitative estimate of drug-likeness (QED) is 0.774. The summed E-state index contributed by atoms with van der Waals surface area (Å²) in [7, 11) is -1.32. The molecule has 1 atom stereocenters. The van der Waals surface area contributed by atoms with Gasteiger partial charge in [0.2, 0.25) is 0 Å². The highest BCUT2D eigenvalue weighted by atomic mass is 32.2. The molecule has 0 aliphatic carbocycles. The number of anilines is 1. The Labute approximate surface area is 155 Å². The number of piperazine rings is 1. The molecule has 1 aromatic heterocycles. The fraction of sp³-hybridized carbons (Fsp3) is 0.316. The van der Waals surface area contributed by atoms with Gasteiger partial charge in [-0.05, 0) is 43.2 Å². The van der Waals surface area contributed by atoms with Gasteiger partial charge in [0.1, 0.15) is 29.2 Å². The van der Waals surface area contributed by atoms with Gasteiger partial charge in [-0.2, -0.15) is 5.26 Å². The lowest BCUT2D eigenvalue weighted by atomic mass is 10.1. The number of nitriles is 1. The molecule has 1 aliphatic heterocycles. The van der Waals surface area contributed by atoms with Crippen LogP contribution in [0.3, 0.4) is 0 Å². The highest BCUT2D eigenvalue weighted by molar-refractivity contribution is 7.82. The van der Waals surface area contributed by atoms with E-state index in [2.05, 4.69) is 11.1 Å². The van der Waals surface area contributed by atoms with Crippen LogP contribution in [-0.2, 0) is 11.0 Å². The molecule has 0 spiro atoms. The lowest BCUT2D eigenvalue weighted by molar-refractivity contribution is 0.112. The topological polar surface area (TPSA) is 77.3 Å². The maximum atomic E-state index is 13.0. The molecular formula is C19H20N4O2S. The third-order valence-corrected chi connectivity index (χ3v) is 6.21. The fourth-order valence-corrected chi connectivity index (χ4v) is 4.44. The Hall–Kier alpha value is -2.56. The summed E-state index contributed by atoms with van der Waals surface area (Å²) in [5.74, 6) is 0.676. The molecule has 2 aromatic rings. The Morgan fingerprint density at radius 1 is 1.19 bits per heavy atom. The second-order valence-corrected chi connectivity index (χ2v) is 7.70. The van der Waals surface area contributed by atoms with Gasteiger partial charge in [0.15, 0.2) is 0 Å². The second kappa shape index (κ2) is 7.77. The standard InChI is InChI=1S/C19H20N4O2S/c1-14-10-15(2)18(11-17(14)13-24)26(25)23-8-6-22(7-9-23)19-16(12-20)4-3-5-21-19/h3-5,10-11,13H,6-9H2,1-2H3. The number of hydrogen-bond donors (Lipinski definition) is 0. The first-order valence-electron chi connectivity index (χ1n) is 8.38. The molecule has 0 saturated carbocycles. The van der Waals surface area contributed by atoms with Crippen LogP contribution in [0.4, 0.5) is 5.82 Å². The van der Waals surface area contributed by atoms with Crippen molar-refractivity contribution in [1.29, 1.82) is 5.26 Å². The van der Waals surface area contributed by atoms with Crippen LogP contribution in [-0.4, -0.2) is 46.0 Å². The molecule has 0 N–H and O–H groups in total. The zero-order valence-corrected chi connectivity index (χ0v) is 15.6. The zero-order valence-electron chi connectivity index (χ0n) is 14.8. The lowest BCUT2D eigenvalue weighted by Crippen LogP contribution is -2.47. The van der Waals surface area contributed by atoms with Gasteiger partial charge in [0.25, 0.3) is 0 Å². The molecule has 1 aromatic carbocycles. The summed E-state index contributed by atoms with van der Waals surface area (Å²) >= 11 is 0. The predicted octanol–water partition coefficient (Wildman–Crippen LogP) is 2.23. The summed E-state index contributed by atoms with van der Waals surface area (Å²) in [6.45, 7) is 6.27. The van der Waals surface area contributed by atoms with Crippen LogP contribution in [0.15, 0.2) is 35.4 Å². The number of rotatable bonds is 4. The molecule has 134 valence electrons. The molecule has 0 bridgehead atoms. The van der Waals surface area contributed by atoms with E-state index in [0.717, 1.165) is 17.4 Å². The van der Waals surface area contributed by atoms with E-state index in [9.17, 15) is 14.3 Å². The predicted molar refractivity (Wildman–Crippen MR) is 100 cm³/mol. The number of carbonyl (C=O) groups is 1. The number of hydrogen-bond acceptors (Lipinski definition) is 5. The minimum atomic E-state index is -1.32. The molecule has 0 amide bonds. The smallest absolute Gasteiger partial charge is 0.150 e. The van der Waals surface area contributed by atoms with Gasteiger partial charge in [0.05, 0.1) is 10.5 Å². The number of carbonyl (C=O) groups excluding carboxylic acids is 1. The lowest BCUT2D eigenvalue weighted by Gasteiger charge is -2.35. The van der Waals surface area contributed by atoms with E-state index in [1.807, 2.05) is 29.1 Å². The summed E-state index contributed by atoms with van der Waals surface area (Å²) in [5.41, 5.74) is 2.93. The molecule has 26 heavy (non-hydrogen) atoms. The molecule has 1 saturated heterocycles. The van der Waals surface area contributed by atoms with Crippen LogP contribution in [0, 0.1) is 25.2 Å². The largest absolute Gasteiger partial charge is 0.353 e. The van der Waals surface area contributed by atoms with E-state index in [4.69, 9.17) is 0 Å². The summed E-state index contributed by atoms with van der Waals surface area (Å²) < 4.78 is 14.9. The van der Waals surface area contributed by atoms with Crippen molar-refractivity contribution in [3.63, 3.8) is 0 Å². The van der Waals surface area contributed by atoms with E-state index in [1.165, 1.54) is 0 Å². The Morgan fingerprint density at radius 3 is 2.58 bits per heavy atom. The van der Waals surface area contributed by atoms with Crippen molar-refractivity contribution in [1.82, 2.24) is 9.29 Å². The van der Waals surface area contributed by atoms with Crippen LogP contribution in [0.1, 0.15) is 27.0 Å².